The van der Waals surface area contributed by atoms with Gasteiger partial charge in [0.1, 0.15) is 5.82 Å². The molecule has 2 rings (SSSR count). The fourth-order valence-electron chi connectivity index (χ4n) is 2.88. The summed E-state index contributed by atoms with van der Waals surface area (Å²) >= 11 is 0. The molecule has 0 atom stereocenters. The van der Waals surface area contributed by atoms with Crippen LogP contribution in [-0.4, -0.2) is 58.2 Å². The van der Waals surface area contributed by atoms with Crippen molar-refractivity contribution in [2.24, 2.45) is 4.99 Å². The number of sulfonamides is 1. The van der Waals surface area contributed by atoms with E-state index in [0.29, 0.717) is 32.0 Å². The summed E-state index contributed by atoms with van der Waals surface area (Å²) in [6.45, 7) is 3.42. The first-order chi connectivity index (χ1) is 12.3. The van der Waals surface area contributed by atoms with E-state index in [4.69, 9.17) is 0 Å². The first-order valence-electron chi connectivity index (χ1n) is 8.97. The zero-order chi connectivity index (χ0) is 19.2. The van der Waals surface area contributed by atoms with E-state index in [9.17, 15) is 12.8 Å². The maximum absolute atomic E-state index is 13.5. The molecule has 0 bridgehead atoms. The highest BCUT2D eigenvalue weighted by atomic mass is 32.2. The average molecular weight is 385 g/mol. The van der Waals surface area contributed by atoms with Gasteiger partial charge in [-0.1, -0.05) is 12.1 Å². The molecule has 0 aromatic heterocycles. The van der Waals surface area contributed by atoms with E-state index >= 15 is 0 Å². The van der Waals surface area contributed by atoms with Gasteiger partial charge in [0.2, 0.25) is 10.0 Å². The van der Waals surface area contributed by atoms with Crippen LogP contribution in [0, 0.1) is 5.82 Å². The van der Waals surface area contributed by atoms with Gasteiger partial charge < -0.3 is 10.6 Å². The fourth-order valence-corrected chi connectivity index (χ4v) is 3.73. The van der Waals surface area contributed by atoms with Crippen molar-refractivity contribution in [3.63, 3.8) is 0 Å². The molecule has 0 radical (unpaired) electrons. The minimum atomic E-state index is -3.13. The molecule has 6 nitrogen and oxygen atoms in total. The van der Waals surface area contributed by atoms with Gasteiger partial charge >= 0.3 is 0 Å². The number of halogens is 1. The second kappa shape index (κ2) is 8.81. The highest BCUT2D eigenvalue weighted by Crippen LogP contribution is 2.47. The van der Waals surface area contributed by atoms with Crippen molar-refractivity contribution in [1.29, 1.82) is 0 Å². The maximum atomic E-state index is 13.5. The summed E-state index contributed by atoms with van der Waals surface area (Å²) < 4.78 is 38.3. The first kappa shape index (κ1) is 20.6. The summed E-state index contributed by atoms with van der Waals surface area (Å²) in [5.74, 6) is 0.582. The van der Waals surface area contributed by atoms with Gasteiger partial charge in [0.15, 0.2) is 5.96 Å². The Hall–Kier alpha value is -1.67. The molecule has 8 heteroatoms. The molecule has 1 aromatic carbocycles. The fraction of sp³-hybridized carbons (Fsp3) is 0.611. The average Bonchev–Trinajstić information content (AvgIpc) is 3.42. The van der Waals surface area contributed by atoms with E-state index in [2.05, 4.69) is 15.6 Å². The van der Waals surface area contributed by atoms with Crippen molar-refractivity contribution < 1.29 is 12.8 Å². The van der Waals surface area contributed by atoms with Crippen LogP contribution in [0.1, 0.15) is 31.7 Å². The number of guanidine groups is 1. The number of nitrogens with one attached hydrogen (secondary N) is 2. The first-order valence-corrected chi connectivity index (χ1v) is 10.6. The monoisotopic (exact) mass is 384 g/mol. The van der Waals surface area contributed by atoms with Crippen molar-refractivity contribution in [2.45, 2.75) is 31.6 Å². The number of hydrogen-bond acceptors (Lipinski definition) is 3. The van der Waals surface area contributed by atoms with E-state index in [0.717, 1.165) is 18.4 Å². The molecule has 0 heterocycles. The van der Waals surface area contributed by atoms with Crippen molar-refractivity contribution in [1.82, 2.24) is 14.9 Å². The van der Waals surface area contributed by atoms with Crippen LogP contribution in [0.3, 0.4) is 0 Å². The SMILES string of the molecule is CCS(=O)(=O)N(C)CCCNC(=NC)NCC1(c2cccc(F)c2)CC1. The summed E-state index contributed by atoms with van der Waals surface area (Å²) in [6.07, 6.45) is 2.74. The third kappa shape index (κ3) is 5.41. The molecule has 1 saturated carbocycles. The molecule has 0 unspecified atom stereocenters. The summed E-state index contributed by atoms with van der Waals surface area (Å²) in [4.78, 5) is 4.20. The summed E-state index contributed by atoms with van der Waals surface area (Å²) in [5.41, 5.74) is 1.00. The quantitative estimate of drug-likeness (QED) is 0.386. The smallest absolute Gasteiger partial charge is 0.213 e. The van der Waals surface area contributed by atoms with Crippen LogP contribution in [0.5, 0.6) is 0 Å². The molecule has 0 amide bonds. The molecular weight excluding hydrogens is 355 g/mol. The molecule has 1 aliphatic carbocycles. The van der Waals surface area contributed by atoms with Crippen LogP contribution in [-0.2, 0) is 15.4 Å². The molecule has 26 heavy (non-hydrogen) atoms. The van der Waals surface area contributed by atoms with Crippen molar-refractivity contribution >= 4 is 16.0 Å². The van der Waals surface area contributed by atoms with E-state index in [1.807, 2.05) is 6.07 Å². The Bertz CT molecular complexity index is 732. The Kier molecular flexibility index (Phi) is 7.00. The Balaban J connectivity index is 1.77. The Morgan fingerprint density at radius 1 is 1.35 bits per heavy atom. The Morgan fingerprint density at radius 3 is 2.65 bits per heavy atom. The molecule has 1 fully saturated rings. The highest BCUT2D eigenvalue weighted by Gasteiger charge is 2.44. The number of aliphatic imine (C=N–C) groups is 1. The van der Waals surface area contributed by atoms with E-state index < -0.39 is 10.0 Å². The molecule has 1 aromatic rings. The van der Waals surface area contributed by atoms with Gasteiger partial charge in [-0.25, -0.2) is 17.1 Å². The van der Waals surface area contributed by atoms with Crippen molar-refractivity contribution in [3.8, 4) is 0 Å². The summed E-state index contributed by atoms with van der Waals surface area (Å²) in [6, 6.07) is 6.79. The van der Waals surface area contributed by atoms with Crippen molar-refractivity contribution in [2.75, 3.05) is 39.5 Å². The topological polar surface area (TPSA) is 73.8 Å². The summed E-state index contributed by atoms with van der Waals surface area (Å²) in [7, 11) is 0.167. The minimum Gasteiger partial charge on any atom is -0.356 e. The number of nitrogens with zero attached hydrogens (tertiary/aromatic N) is 2. The second-order valence-corrected chi connectivity index (χ2v) is 9.08. The van der Waals surface area contributed by atoms with Crippen LogP contribution in [0.25, 0.3) is 0 Å². The second-order valence-electron chi connectivity index (χ2n) is 6.72. The van der Waals surface area contributed by atoms with Gasteiger partial charge in [-0.05, 0) is 43.9 Å². The zero-order valence-corrected chi connectivity index (χ0v) is 16.6. The molecule has 0 aliphatic heterocycles. The van der Waals surface area contributed by atoms with Gasteiger partial charge in [-0.2, -0.15) is 0 Å². The Labute approximate surface area is 155 Å². The molecular formula is C18H29FN4O2S. The maximum Gasteiger partial charge on any atom is 0.213 e. The van der Waals surface area contributed by atoms with Crippen LogP contribution in [0.15, 0.2) is 29.3 Å². The molecule has 0 saturated heterocycles. The standard InChI is InChI=1S/C18H29FN4O2S/c1-4-26(24,25)23(3)12-6-11-21-17(20-2)22-14-18(9-10-18)15-7-5-8-16(19)13-15/h5,7-8,13H,4,6,9-12,14H2,1-3H3,(H2,20,21,22). The largest absolute Gasteiger partial charge is 0.356 e. The van der Waals surface area contributed by atoms with Gasteiger partial charge in [-0.15, -0.1) is 0 Å². The van der Waals surface area contributed by atoms with E-state index in [1.165, 1.54) is 10.4 Å². The minimum absolute atomic E-state index is 0.0187. The number of benzene rings is 1. The van der Waals surface area contributed by atoms with Gasteiger partial charge in [0.05, 0.1) is 5.75 Å². The Morgan fingerprint density at radius 2 is 2.08 bits per heavy atom. The normalized spacial score (nSPS) is 16.6. The third-order valence-electron chi connectivity index (χ3n) is 4.89. The lowest BCUT2D eigenvalue weighted by atomic mass is 9.96. The zero-order valence-electron chi connectivity index (χ0n) is 15.8. The lowest BCUT2D eigenvalue weighted by Crippen LogP contribution is -2.42. The van der Waals surface area contributed by atoms with Gasteiger partial charge in [-0.3, -0.25) is 4.99 Å². The highest BCUT2D eigenvalue weighted by molar-refractivity contribution is 7.89. The number of rotatable bonds is 9. The van der Waals surface area contributed by atoms with Crippen LogP contribution in [0.2, 0.25) is 0 Å². The predicted molar refractivity (Wildman–Crippen MR) is 103 cm³/mol. The lowest BCUT2D eigenvalue weighted by Gasteiger charge is -2.20. The van der Waals surface area contributed by atoms with E-state index in [-0.39, 0.29) is 17.0 Å². The number of hydrogen-bond donors (Lipinski definition) is 2. The van der Waals surface area contributed by atoms with Crippen LogP contribution in [0.4, 0.5) is 4.39 Å². The van der Waals surface area contributed by atoms with Gasteiger partial charge in [0, 0.05) is 39.1 Å². The molecule has 0 spiro atoms. The summed E-state index contributed by atoms with van der Waals surface area (Å²) in [5, 5.41) is 6.51. The molecule has 2 N–H and O–H groups in total. The van der Waals surface area contributed by atoms with Crippen LogP contribution >= 0.6 is 0 Å². The van der Waals surface area contributed by atoms with Crippen molar-refractivity contribution in [3.05, 3.63) is 35.6 Å². The third-order valence-corrected chi connectivity index (χ3v) is 6.75. The van der Waals surface area contributed by atoms with E-state index in [1.54, 1.807) is 33.2 Å². The lowest BCUT2D eigenvalue weighted by molar-refractivity contribution is 0.461. The molecule has 1 aliphatic rings. The van der Waals surface area contributed by atoms with Crippen LogP contribution < -0.4 is 10.6 Å². The predicted octanol–water partition coefficient (Wildman–Crippen LogP) is 1.69. The van der Waals surface area contributed by atoms with Gasteiger partial charge in [0.25, 0.3) is 0 Å². The molecule has 146 valence electrons.